The molecule has 0 aromatic carbocycles. The molecule has 2 heterocycles. The number of carbonyl (C=O) groups is 1. The van der Waals surface area contributed by atoms with Crippen molar-refractivity contribution in [2.45, 2.75) is 38.5 Å². The number of likely N-dealkylation sites (tertiary alicyclic amines) is 1. The number of carbonyl (C=O) groups excluding carboxylic acids is 1. The number of nitriles is 1. The molecule has 0 aliphatic carbocycles. The van der Waals surface area contributed by atoms with Gasteiger partial charge in [0.2, 0.25) is 5.91 Å². The highest BCUT2D eigenvalue weighted by atomic mass is 32.1. The molecular weight excluding hydrogens is 270 g/mol. The molecule has 1 aromatic heterocycles. The molecule has 1 aliphatic rings. The molecule has 0 unspecified atom stereocenters. The van der Waals surface area contributed by atoms with Crippen molar-refractivity contribution in [1.29, 1.82) is 5.26 Å². The summed E-state index contributed by atoms with van der Waals surface area (Å²) in [6.07, 6.45) is 6.95. The fourth-order valence-corrected chi connectivity index (χ4v) is 3.23. The van der Waals surface area contributed by atoms with E-state index < -0.39 is 0 Å². The van der Waals surface area contributed by atoms with Crippen LogP contribution in [-0.4, -0.2) is 30.4 Å². The molecule has 4 nitrogen and oxygen atoms in total. The SMILES string of the molecule is N#Cc1ccsc1NC(=O)CCN1CCCCCCC1. The lowest BCUT2D eigenvalue weighted by Crippen LogP contribution is -2.30. The minimum atomic E-state index is 0.00556. The maximum Gasteiger partial charge on any atom is 0.226 e. The third-order valence-electron chi connectivity index (χ3n) is 3.64. The van der Waals surface area contributed by atoms with E-state index in [9.17, 15) is 4.79 Å². The van der Waals surface area contributed by atoms with E-state index >= 15 is 0 Å². The van der Waals surface area contributed by atoms with Gasteiger partial charge in [0.25, 0.3) is 0 Å². The van der Waals surface area contributed by atoms with Gasteiger partial charge in [-0.05, 0) is 37.4 Å². The summed E-state index contributed by atoms with van der Waals surface area (Å²) in [5.41, 5.74) is 0.551. The van der Waals surface area contributed by atoms with Crippen molar-refractivity contribution < 1.29 is 4.79 Å². The molecule has 0 spiro atoms. The fraction of sp³-hybridized carbons (Fsp3) is 0.600. The van der Waals surface area contributed by atoms with Crippen LogP contribution >= 0.6 is 11.3 Å². The largest absolute Gasteiger partial charge is 0.317 e. The van der Waals surface area contributed by atoms with Gasteiger partial charge in [-0.3, -0.25) is 4.79 Å². The average molecular weight is 291 g/mol. The Labute approximate surface area is 124 Å². The minimum Gasteiger partial charge on any atom is -0.317 e. The molecule has 20 heavy (non-hydrogen) atoms. The predicted molar refractivity (Wildman–Crippen MR) is 81.8 cm³/mol. The minimum absolute atomic E-state index is 0.00556. The van der Waals surface area contributed by atoms with E-state index in [1.807, 2.05) is 5.38 Å². The van der Waals surface area contributed by atoms with Crippen LogP contribution in [0, 0.1) is 11.3 Å². The summed E-state index contributed by atoms with van der Waals surface area (Å²) < 4.78 is 0. The van der Waals surface area contributed by atoms with Gasteiger partial charge in [0.15, 0.2) is 0 Å². The van der Waals surface area contributed by atoms with Gasteiger partial charge in [0, 0.05) is 13.0 Å². The molecule has 5 heteroatoms. The first-order valence-corrected chi connectivity index (χ1v) is 8.17. The number of hydrogen-bond acceptors (Lipinski definition) is 4. The van der Waals surface area contributed by atoms with E-state index in [0.717, 1.165) is 19.6 Å². The Kier molecular flexibility index (Phi) is 6.03. The van der Waals surface area contributed by atoms with Gasteiger partial charge in [0.1, 0.15) is 11.1 Å². The lowest BCUT2D eigenvalue weighted by atomic mass is 10.1. The molecular formula is C15H21N3OS. The lowest BCUT2D eigenvalue weighted by Gasteiger charge is -2.24. The summed E-state index contributed by atoms with van der Waals surface area (Å²) in [7, 11) is 0. The van der Waals surface area contributed by atoms with E-state index in [4.69, 9.17) is 5.26 Å². The van der Waals surface area contributed by atoms with Crippen LogP contribution in [0.15, 0.2) is 11.4 Å². The van der Waals surface area contributed by atoms with Crippen molar-refractivity contribution in [1.82, 2.24) is 4.90 Å². The first-order valence-electron chi connectivity index (χ1n) is 7.29. The second-order valence-corrected chi connectivity index (χ2v) is 6.10. The van der Waals surface area contributed by atoms with E-state index in [1.54, 1.807) is 6.07 Å². The van der Waals surface area contributed by atoms with E-state index in [-0.39, 0.29) is 5.91 Å². The van der Waals surface area contributed by atoms with Crippen LogP contribution in [0.1, 0.15) is 44.1 Å². The van der Waals surface area contributed by atoms with Crippen molar-refractivity contribution >= 4 is 22.2 Å². The highest BCUT2D eigenvalue weighted by Gasteiger charge is 2.12. The molecule has 0 radical (unpaired) electrons. The van der Waals surface area contributed by atoms with Gasteiger partial charge >= 0.3 is 0 Å². The Morgan fingerprint density at radius 3 is 2.70 bits per heavy atom. The highest BCUT2D eigenvalue weighted by molar-refractivity contribution is 7.14. The number of nitrogens with one attached hydrogen (secondary N) is 1. The van der Waals surface area contributed by atoms with Gasteiger partial charge in [-0.25, -0.2) is 0 Å². The predicted octanol–water partition coefficient (Wildman–Crippen LogP) is 3.21. The molecule has 1 N–H and O–H groups in total. The zero-order valence-electron chi connectivity index (χ0n) is 11.7. The molecule has 1 aromatic rings. The molecule has 2 rings (SSSR count). The smallest absolute Gasteiger partial charge is 0.226 e. The standard InChI is InChI=1S/C15H21N3OS/c16-12-13-7-11-20-15(13)17-14(19)6-10-18-8-4-2-1-3-5-9-18/h7,11H,1-6,8-10H2,(H,17,19). The lowest BCUT2D eigenvalue weighted by molar-refractivity contribution is -0.116. The summed E-state index contributed by atoms with van der Waals surface area (Å²) in [6.45, 7) is 3.03. The molecule has 0 bridgehead atoms. The van der Waals surface area contributed by atoms with E-state index in [1.165, 1.54) is 43.4 Å². The summed E-state index contributed by atoms with van der Waals surface area (Å²) in [5.74, 6) is 0.00556. The van der Waals surface area contributed by atoms with Gasteiger partial charge in [-0.2, -0.15) is 5.26 Å². The Hall–Kier alpha value is -1.38. The van der Waals surface area contributed by atoms with E-state index in [0.29, 0.717) is 17.0 Å². The van der Waals surface area contributed by atoms with Gasteiger partial charge in [0.05, 0.1) is 5.56 Å². The van der Waals surface area contributed by atoms with Crippen LogP contribution in [0.2, 0.25) is 0 Å². The third-order valence-corrected chi connectivity index (χ3v) is 4.47. The number of rotatable bonds is 4. The normalized spacial score (nSPS) is 16.9. The van der Waals surface area contributed by atoms with Crippen molar-refractivity contribution in [3.8, 4) is 6.07 Å². The van der Waals surface area contributed by atoms with Crippen molar-refractivity contribution in [2.24, 2.45) is 0 Å². The van der Waals surface area contributed by atoms with Crippen LogP contribution in [0.4, 0.5) is 5.00 Å². The fourth-order valence-electron chi connectivity index (χ4n) is 2.48. The quantitative estimate of drug-likeness (QED) is 0.926. The zero-order valence-corrected chi connectivity index (χ0v) is 12.5. The monoisotopic (exact) mass is 291 g/mol. The van der Waals surface area contributed by atoms with Gasteiger partial charge in [-0.15, -0.1) is 11.3 Å². The Morgan fingerprint density at radius 2 is 2.00 bits per heavy atom. The summed E-state index contributed by atoms with van der Waals surface area (Å²) in [6, 6.07) is 3.82. The number of hydrogen-bond donors (Lipinski definition) is 1. The molecule has 108 valence electrons. The summed E-state index contributed by atoms with van der Waals surface area (Å²) >= 11 is 1.40. The molecule has 0 saturated carbocycles. The summed E-state index contributed by atoms with van der Waals surface area (Å²) in [4.78, 5) is 14.3. The van der Waals surface area contributed by atoms with Gasteiger partial charge in [-0.1, -0.05) is 19.3 Å². The highest BCUT2D eigenvalue weighted by Crippen LogP contribution is 2.22. The Bertz CT molecular complexity index is 470. The van der Waals surface area contributed by atoms with E-state index in [2.05, 4.69) is 16.3 Å². The second-order valence-electron chi connectivity index (χ2n) is 5.18. The Balaban J connectivity index is 1.75. The van der Waals surface area contributed by atoms with Crippen molar-refractivity contribution in [2.75, 3.05) is 25.0 Å². The second kappa shape index (κ2) is 8.03. The number of thiophene rings is 1. The van der Waals surface area contributed by atoms with Crippen molar-refractivity contribution in [3.63, 3.8) is 0 Å². The van der Waals surface area contributed by atoms with Crippen LogP contribution in [0.3, 0.4) is 0 Å². The van der Waals surface area contributed by atoms with Gasteiger partial charge < -0.3 is 10.2 Å². The third kappa shape index (κ3) is 4.62. The molecule has 1 amide bonds. The maximum absolute atomic E-state index is 11.9. The van der Waals surface area contributed by atoms with Crippen LogP contribution in [0.25, 0.3) is 0 Å². The van der Waals surface area contributed by atoms with Crippen LogP contribution < -0.4 is 5.32 Å². The number of amides is 1. The maximum atomic E-state index is 11.9. The first kappa shape index (κ1) is 15.0. The molecule has 1 fully saturated rings. The molecule has 1 aliphatic heterocycles. The van der Waals surface area contributed by atoms with Crippen LogP contribution in [-0.2, 0) is 4.79 Å². The number of nitrogens with zero attached hydrogens (tertiary/aromatic N) is 2. The number of anilines is 1. The summed E-state index contributed by atoms with van der Waals surface area (Å²) in [5, 5.41) is 14.2. The Morgan fingerprint density at radius 1 is 1.30 bits per heavy atom. The first-order chi connectivity index (χ1) is 9.79. The molecule has 1 saturated heterocycles. The topological polar surface area (TPSA) is 56.1 Å². The zero-order chi connectivity index (χ0) is 14.2. The molecule has 0 atom stereocenters. The average Bonchev–Trinajstić information content (AvgIpc) is 2.84. The van der Waals surface area contributed by atoms with Crippen molar-refractivity contribution in [3.05, 3.63) is 17.0 Å². The van der Waals surface area contributed by atoms with Crippen LogP contribution in [0.5, 0.6) is 0 Å².